The Hall–Kier alpha value is -2.16. The zero-order valence-electron chi connectivity index (χ0n) is 14.0. The second-order valence-corrected chi connectivity index (χ2v) is 6.35. The molecule has 8 nitrogen and oxygen atoms in total. The average Bonchev–Trinajstić information content (AvgIpc) is 3.08. The van der Waals surface area contributed by atoms with Gasteiger partial charge in [0.2, 0.25) is 5.89 Å². The van der Waals surface area contributed by atoms with Gasteiger partial charge in [-0.2, -0.15) is 4.98 Å². The molecule has 1 fully saturated rings. The maximum atomic E-state index is 11.9. The van der Waals surface area contributed by atoms with E-state index in [1.165, 1.54) is 0 Å². The molecule has 2 aromatic rings. The SMILES string of the molecule is CN1CCNCC1c1noc(CNC(=O)NCc2ccc(Cl)cc2)n1. The molecule has 0 radical (unpaired) electrons. The van der Waals surface area contributed by atoms with Crippen molar-refractivity contribution in [2.24, 2.45) is 0 Å². The number of carbonyl (C=O) groups excluding carboxylic acids is 1. The van der Waals surface area contributed by atoms with E-state index in [1.54, 1.807) is 12.1 Å². The Kier molecular flexibility index (Phi) is 5.85. The number of carbonyl (C=O) groups is 1. The number of nitrogens with zero attached hydrogens (tertiary/aromatic N) is 3. The summed E-state index contributed by atoms with van der Waals surface area (Å²) in [5.74, 6) is 1.02. The lowest BCUT2D eigenvalue weighted by Gasteiger charge is -2.30. The molecule has 0 bridgehead atoms. The van der Waals surface area contributed by atoms with Gasteiger partial charge < -0.3 is 20.5 Å². The van der Waals surface area contributed by atoms with E-state index in [2.05, 4.69) is 31.0 Å². The van der Waals surface area contributed by atoms with E-state index < -0.39 is 0 Å². The molecule has 1 aromatic heterocycles. The third-order valence-electron chi connectivity index (χ3n) is 4.06. The van der Waals surface area contributed by atoms with Gasteiger partial charge in [0.15, 0.2) is 5.82 Å². The molecule has 0 spiro atoms. The number of hydrogen-bond donors (Lipinski definition) is 3. The minimum atomic E-state index is -0.300. The molecule has 2 heterocycles. The zero-order chi connectivity index (χ0) is 17.6. The lowest BCUT2D eigenvalue weighted by atomic mass is 10.2. The van der Waals surface area contributed by atoms with Gasteiger partial charge >= 0.3 is 6.03 Å². The van der Waals surface area contributed by atoms with Crippen molar-refractivity contribution in [3.05, 3.63) is 46.6 Å². The minimum Gasteiger partial charge on any atom is -0.337 e. The fourth-order valence-corrected chi connectivity index (χ4v) is 2.70. The van der Waals surface area contributed by atoms with Crippen LogP contribution in [0.4, 0.5) is 4.79 Å². The van der Waals surface area contributed by atoms with Crippen LogP contribution < -0.4 is 16.0 Å². The molecule has 1 aromatic carbocycles. The number of benzene rings is 1. The lowest BCUT2D eigenvalue weighted by molar-refractivity contribution is 0.190. The van der Waals surface area contributed by atoms with Gasteiger partial charge in [0.1, 0.15) is 0 Å². The van der Waals surface area contributed by atoms with Crippen molar-refractivity contribution in [2.45, 2.75) is 19.1 Å². The maximum absolute atomic E-state index is 11.9. The van der Waals surface area contributed by atoms with Gasteiger partial charge in [-0.25, -0.2) is 4.79 Å². The minimum absolute atomic E-state index is 0.0879. The predicted octanol–water partition coefficient (Wildman–Crippen LogP) is 1.30. The normalized spacial score (nSPS) is 18.1. The first-order valence-corrected chi connectivity index (χ1v) is 8.49. The summed E-state index contributed by atoms with van der Waals surface area (Å²) in [5.41, 5.74) is 0.965. The highest BCUT2D eigenvalue weighted by Crippen LogP contribution is 2.17. The van der Waals surface area contributed by atoms with Crippen molar-refractivity contribution in [1.82, 2.24) is 31.0 Å². The van der Waals surface area contributed by atoms with Crippen LogP contribution >= 0.6 is 11.6 Å². The molecule has 1 aliphatic rings. The van der Waals surface area contributed by atoms with Crippen LogP contribution in [0.15, 0.2) is 28.8 Å². The molecule has 3 rings (SSSR count). The van der Waals surface area contributed by atoms with E-state index in [1.807, 2.05) is 19.2 Å². The quantitative estimate of drug-likeness (QED) is 0.740. The Morgan fingerprint density at radius 1 is 1.36 bits per heavy atom. The van der Waals surface area contributed by atoms with E-state index in [0.29, 0.717) is 23.3 Å². The number of likely N-dealkylation sites (N-methyl/N-ethyl adjacent to an activating group) is 1. The van der Waals surface area contributed by atoms with Gasteiger partial charge in [0.05, 0.1) is 12.6 Å². The summed E-state index contributed by atoms with van der Waals surface area (Å²) < 4.78 is 5.22. The third kappa shape index (κ3) is 4.91. The highest BCUT2D eigenvalue weighted by molar-refractivity contribution is 6.30. The molecule has 9 heteroatoms. The van der Waals surface area contributed by atoms with E-state index in [4.69, 9.17) is 16.1 Å². The van der Waals surface area contributed by atoms with E-state index >= 15 is 0 Å². The number of nitrogens with one attached hydrogen (secondary N) is 3. The highest BCUT2D eigenvalue weighted by atomic mass is 35.5. The topological polar surface area (TPSA) is 95.3 Å². The van der Waals surface area contributed by atoms with Crippen LogP contribution in [0.25, 0.3) is 0 Å². The summed E-state index contributed by atoms with van der Waals surface area (Å²) >= 11 is 5.83. The van der Waals surface area contributed by atoms with Crippen LogP contribution in [0.3, 0.4) is 0 Å². The summed E-state index contributed by atoms with van der Waals surface area (Å²) in [6, 6.07) is 7.08. The first-order chi connectivity index (χ1) is 12.1. The molecule has 134 valence electrons. The second kappa shape index (κ2) is 8.28. The predicted molar refractivity (Wildman–Crippen MR) is 93.1 cm³/mol. The number of urea groups is 1. The number of halogens is 1. The third-order valence-corrected chi connectivity index (χ3v) is 4.31. The Morgan fingerprint density at radius 3 is 2.88 bits per heavy atom. The molecule has 1 aliphatic heterocycles. The van der Waals surface area contributed by atoms with Crippen molar-refractivity contribution in [3.63, 3.8) is 0 Å². The average molecular weight is 365 g/mol. The van der Waals surface area contributed by atoms with Crippen molar-refractivity contribution in [3.8, 4) is 0 Å². The summed E-state index contributed by atoms with van der Waals surface area (Å²) in [6.07, 6.45) is 0. The molecule has 2 amide bonds. The van der Waals surface area contributed by atoms with Crippen molar-refractivity contribution >= 4 is 17.6 Å². The van der Waals surface area contributed by atoms with Gasteiger partial charge in [-0.3, -0.25) is 4.90 Å². The Labute approximate surface area is 150 Å². The molecule has 0 saturated carbocycles. The van der Waals surface area contributed by atoms with Gasteiger partial charge in [-0.1, -0.05) is 28.9 Å². The number of hydrogen-bond acceptors (Lipinski definition) is 6. The molecule has 1 saturated heterocycles. The van der Waals surface area contributed by atoms with Crippen molar-refractivity contribution in [2.75, 3.05) is 26.7 Å². The highest BCUT2D eigenvalue weighted by Gasteiger charge is 2.25. The molecule has 3 N–H and O–H groups in total. The van der Waals surface area contributed by atoms with Gasteiger partial charge in [0, 0.05) is 31.2 Å². The fraction of sp³-hybridized carbons (Fsp3) is 0.438. The standard InChI is InChI=1S/C16H21ClN6O2/c1-23-7-6-18-9-13(23)15-21-14(25-22-15)10-20-16(24)19-8-11-2-4-12(17)5-3-11/h2-5,13,18H,6-10H2,1H3,(H2,19,20,24). The summed E-state index contributed by atoms with van der Waals surface area (Å²) in [5, 5.41) is 13.5. The van der Waals surface area contributed by atoms with Gasteiger partial charge in [-0.15, -0.1) is 0 Å². The van der Waals surface area contributed by atoms with Gasteiger partial charge in [-0.05, 0) is 24.7 Å². The number of rotatable bonds is 5. The summed E-state index contributed by atoms with van der Waals surface area (Å²) in [6.45, 7) is 3.26. The Bertz CT molecular complexity index is 705. The fourth-order valence-electron chi connectivity index (χ4n) is 2.57. The van der Waals surface area contributed by atoms with Crippen LogP contribution in [0.1, 0.15) is 23.3 Å². The van der Waals surface area contributed by atoms with E-state index in [-0.39, 0.29) is 18.6 Å². The van der Waals surface area contributed by atoms with Crippen LogP contribution in [0, 0.1) is 0 Å². The summed E-state index contributed by atoms with van der Waals surface area (Å²) in [4.78, 5) is 18.4. The first kappa shape index (κ1) is 17.7. The molecular formula is C16H21ClN6O2. The summed E-state index contributed by atoms with van der Waals surface area (Å²) in [7, 11) is 2.03. The number of aromatic nitrogens is 2. The number of amides is 2. The number of piperazine rings is 1. The molecule has 1 unspecified atom stereocenters. The lowest BCUT2D eigenvalue weighted by Crippen LogP contribution is -2.44. The molecule has 1 atom stereocenters. The van der Waals surface area contributed by atoms with Crippen LogP contribution in [-0.2, 0) is 13.1 Å². The second-order valence-electron chi connectivity index (χ2n) is 5.91. The largest absolute Gasteiger partial charge is 0.337 e. The first-order valence-electron chi connectivity index (χ1n) is 8.11. The van der Waals surface area contributed by atoms with Crippen LogP contribution in [0.2, 0.25) is 5.02 Å². The Balaban J connectivity index is 1.45. The monoisotopic (exact) mass is 364 g/mol. The van der Waals surface area contributed by atoms with Crippen molar-refractivity contribution in [1.29, 1.82) is 0 Å². The van der Waals surface area contributed by atoms with Gasteiger partial charge in [0.25, 0.3) is 0 Å². The van der Waals surface area contributed by atoms with Crippen LogP contribution in [-0.4, -0.2) is 47.8 Å². The van der Waals surface area contributed by atoms with Crippen LogP contribution in [0.5, 0.6) is 0 Å². The Morgan fingerprint density at radius 2 is 2.12 bits per heavy atom. The van der Waals surface area contributed by atoms with E-state index in [0.717, 1.165) is 25.2 Å². The molecule has 0 aliphatic carbocycles. The smallest absolute Gasteiger partial charge is 0.315 e. The zero-order valence-corrected chi connectivity index (χ0v) is 14.7. The molecule has 25 heavy (non-hydrogen) atoms. The van der Waals surface area contributed by atoms with Crippen molar-refractivity contribution < 1.29 is 9.32 Å². The maximum Gasteiger partial charge on any atom is 0.315 e. The van der Waals surface area contributed by atoms with E-state index in [9.17, 15) is 4.79 Å². The molecular weight excluding hydrogens is 344 g/mol.